The van der Waals surface area contributed by atoms with Crippen LogP contribution in [0.5, 0.6) is 23.0 Å². The number of esters is 1. The largest absolute Gasteiger partial charge is 0.493 e. The Labute approximate surface area is 164 Å². The maximum atomic E-state index is 12.4. The van der Waals surface area contributed by atoms with Gasteiger partial charge in [0.05, 0.1) is 26.7 Å². The van der Waals surface area contributed by atoms with Crippen molar-refractivity contribution >= 4 is 5.97 Å². The molecule has 2 aliphatic rings. The molecule has 2 atom stereocenters. The van der Waals surface area contributed by atoms with E-state index in [0.717, 1.165) is 40.4 Å². The van der Waals surface area contributed by atoms with E-state index in [1.165, 1.54) is 0 Å². The van der Waals surface area contributed by atoms with Crippen LogP contribution in [-0.4, -0.2) is 33.6 Å². The smallest absolute Gasteiger partial charge is 0.309 e. The molecule has 2 aliphatic heterocycles. The number of cyclic esters (lactones) is 1. The molecule has 148 valence electrons. The number of benzene rings is 2. The SMILES string of the molecule is COc1cc(CC2C(=O)OCC2Cc2ccc3c(c2)OCO3)cc(C)c1OC. The summed E-state index contributed by atoms with van der Waals surface area (Å²) in [6.45, 7) is 2.66. The summed E-state index contributed by atoms with van der Waals surface area (Å²) in [6.07, 6.45) is 1.36. The molecule has 4 rings (SSSR count). The lowest BCUT2D eigenvalue weighted by atomic mass is 9.84. The minimum Gasteiger partial charge on any atom is -0.493 e. The molecule has 6 nitrogen and oxygen atoms in total. The number of hydrogen-bond acceptors (Lipinski definition) is 6. The number of carbonyl (C=O) groups is 1. The first kappa shape index (κ1) is 18.5. The molecule has 0 radical (unpaired) electrons. The van der Waals surface area contributed by atoms with Gasteiger partial charge >= 0.3 is 5.97 Å². The second-order valence-corrected chi connectivity index (χ2v) is 7.24. The number of hydrogen-bond donors (Lipinski definition) is 0. The van der Waals surface area contributed by atoms with Crippen LogP contribution < -0.4 is 18.9 Å². The fourth-order valence-corrected chi connectivity index (χ4v) is 4.03. The Morgan fingerprint density at radius 3 is 2.57 bits per heavy atom. The minimum atomic E-state index is -0.192. The first-order valence-electron chi connectivity index (χ1n) is 9.35. The van der Waals surface area contributed by atoms with Crippen LogP contribution in [0.15, 0.2) is 30.3 Å². The van der Waals surface area contributed by atoms with Crippen molar-refractivity contribution in [2.45, 2.75) is 19.8 Å². The van der Waals surface area contributed by atoms with Gasteiger partial charge in [-0.05, 0) is 54.7 Å². The number of carbonyl (C=O) groups excluding carboxylic acids is 1. The maximum absolute atomic E-state index is 12.4. The number of fused-ring (bicyclic) bond motifs is 1. The average Bonchev–Trinajstić information content (AvgIpc) is 3.29. The summed E-state index contributed by atoms with van der Waals surface area (Å²) in [7, 11) is 3.24. The van der Waals surface area contributed by atoms with Crippen molar-refractivity contribution in [2.75, 3.05) is 27.6 Å². The van der Waals surface area contributed by atoms with Gasteiger partial charge in [0, 0.05) is 5.92 Å². The van der Waals surface area contributed by atoms with Gasteiger partial charge < -0.3 is 23.7 Å². The van der Waals surface area contributed by atoms with E-state index >= 15 is 0 Å². The Kier molecular flexibility index (Phi) is 5.03. The lowest BCUT2D eigenvalue weighted by Gasteiger charge is -2.18. The van der Waals surface area contributed by atoms with Crippen LogP contribution in [0.1, 0.15) is 16.7 Å². The van der Waals surface area contributed by atoms with Gasteiger partial charge in [0.2, 0.25) is 6.79 Å². The van der Waals surface area contributed by atoms with E-state index in [9.17, 15) is 4.79 Å². The molecule has 0 aromatic heterocycles. The van der Waals surface area contributed by atoms with Crippen LogP contribution in [0.3, 0.4) is 0 Å². The van der Waals surface area contributed by atoms with E-state index < -0.39 is 0 Å². The highest BCUT2D eigenvalue weighted by Crippen LogP contribution is 2.37. The van der Waals surface area contributed by atoms with Gasteiger partial charge in [-0.15, -0.1) is 0 Å². The number of ether oxygens (including phenoxy) is 5. The topological polar surface area (TPSA) is 63.2 Å². The van der Waals surface area contributed by atoms with Crippen molar-refractivity contribution in [3.63, 3.8) is 0 Å². The Balaban J connectivity index is 1.53. The van der Waals surface area contributed by atoms with Crippen molar-refractivity contribution in [3.8, 4) is 23.0 Å². The number of methoxy groups -OCH3 is 2. The maximum Gasteiger partial charge on any atom is 0.309 e. The van der Waals surface area contributed by atoms with Crippen LogP contribution in [-0.2, 0) is 22.4 Å². The molecule has 2 aromatic rings. The standard InChI is InChI=1S/C22H24O6/c1-13-6-15(10-20(24-2)21(13)25-3)8-17-16(11-26-22(17)23)7-14-4-5-18-19(9-14)28-12-27-18/h4-6,9-10,16-17H,7-8,11-12H2,1-3H3. The van der Waals surface area contributed by atoms with E-state index in [-0.39, 0.29) is 24.6 Å². The average molecular weight is 384 g/mol. The highest BCUT2D eigenvalue weighted by molar-refractivity contribution is 5.75. The summed E-state index contributed by atoms with van der Waals surface area (Å²) < 4.78 is 27.1. The predicted octanol–water partition coefficient (Wildman–Crippen LogP) is 3.32. The van der Waals surface area contributed by atoms with E-state index in [1.807, 2.05) is 37.3 Å². The van der Waals surface area contributed by atoms with Gasteiger partial charge in [0.25, 0.3) is 0 Å². The fourth-order valence-electron chi connectivity index (χ4n) is 4.03. The third-order valence-electron chi connectivity index (χ3n) is 5.43. The molecule has 6 heteroatoms. The van der Waals surface area contributed by atoms with Crippen molar-refractivity contribution in [2.24, 2.45) is 11.8 Å². The third-order valence-corrected chi connectivity index (χ3v) is 5.43. The van der Waals surface area contributed by atoms with Gasteiger partial charge in [0.15, 0.2) is 23.0 Å². The molecule has 0 spiro atoms. The molecule has 2 heterocycles. The summed E-state index contributed by atoms with van der Waals surface area (Å²) in [5, 5.41) is 0. The normalized spacial score (nSPS) is 20.2. The molecular weight excluding hydrogens is 360 g/mol. The molecule has 1 saturated heterocycles. The molecule has 28 heavy (non-hydrogen) atoms. The Morgan fingerprint density at radius 1 is 0.964 bits per heavy atom. The van der Waals surface area contributed by atoms with Gasteiger partial charge in [-0.2, -0.15) is 0 Å². The molecule has 0 aliphatic carbocycles. The van der Waals surface area contributed by atoms with Crippen molar-refractivity contribution in [3.05, 3.63) is 47.0 Å². The third kappa shape index (κ3) is 3.46. The zero-order chi connectivity index (χ0) is 19.7. The summed E-state index contributed by atoms with van der Waals surface area (Å²) >= 11 is 0. The van der Waals surface area contributed by atoms with Crippen LogP contribution >= 0.6 is 0 Å². The number of rotatable bonds is 6. The molecule has 0 saturated carbocycles. The number of aryl methyl sites for hydroxylation is 1. The van der Waals surface area contributed by atoms with E-state index in [2.05, 4.69) is 0 Å². The summed E-state index contributed by atoms with van der Waals surface area (Å²) in [5.74, 6) is 2.70. The lowest BCUT2D eigenvalue weighted by Crippen LogP contribution is -2.20. The van der Waals surface area contributed by atoms with Crippen molar-refractivity contribution < 1.29 is 28.5 Å². The van der Waals surface area contributed by atoms with E-state index in [0.29, 0.717) is 18.8 Å². The highest BCUT2D eigenvalue weighted by atomic mass is 16.7. The summed E-state index contributed by atoms with van der Waals surface area (Å²) in [4.78, 5) is 12.4. The zero-order valence-corrected chi connectivity index (χ0v) is 16.3. The van der Waals surface area contributed by atoms with Crippen LogP contribution in [0.4, 0.5) is 0 Å². The molecular formula is C22H24O6. The quantitative estimate of drug-likeness (QED) is 0.712. The Morgan fingerprint density at radius 2 is 1.79 bits per heavy atom. The highest BCUT2D eigenvalue weighted by Gasteiger charge is 2.37. The van der Waals surface area contributed by atoms with Crippen molar-refractivity contribution in [1.82, 2.24) is 0 Å². The summed E-state index contributed by atoms with van der Waals surface area (Å²) in [6, 6.07) is 9.92. The second-order valence-electron chi connectivity index (χ2n) is 7.24. The second kappa shape index (κ2) is 7.62. The molecule has 2 aromatic carbocycles. The predicted molar refractivity (Wildman–Crippen MR) is 102 cm³/mol. The zero-order valence-electron chi connectivity index (χ0n) is 16.3. The Bertz CT molecular complexity index is 891. The first-order valence-corrected chi connectivity index (χ1v) is 9.35. The van der Waals surface area contributed by atoms with E-state index in [4.69, 9.17) is 23.7 Å². The first-order chi connectivity index (χ1) is 13.6. The van der Waals surface area contributed by atoms with Crippen LogP contribution in [0.25, 0.3) is 0 Å². The van der Waals surface area contributed by atoms with Crippen molar-refractivity contribution in [1.29, 1.82) is 0 Å². The minimum absolute atomic E-state index is 0.112. The van der Waals surface area contributed by atoms with Gasteiger partial charge in [-0.1, -0.05) is 12.1 Å². The molecule has 0 N–H and O–H groups in total. The van der Waals surface area contributed by atoms with E-state index in [1.54, 1.807) is 14.2 Å². The van der Waals surface area contributed by atoms with Crippen LogP contribution in [0.2, 0.25) is 0 Å². The summed E-state index contributed by atoms with van der Waals surface area (Å²) in [5.41, 5.74) is 3.13. The molecule has 0 amide bonds. The molecule has 2 unspecified atom stereocenters. The molecule has 0 bridgehead atoms. The molecule has 1 fully saturated rings. The fraction of sp³-hybridized carbons (Fsp3) is 0.409. The van der Waals surface area contributed by atoms with Crippen LogP contribution in [0, 0.1) is 18.8 Å². The lowest BCUT2D eigenvalue weighted by molar-refractivity contribution is -0.141. The monoisotopic (exact) mass is 384 g/mol. The van der Waals surface area contributed by atoms with Gasteiger partial charge in [-0.25, -0.2) is 0 Å². The van der Waals surface area contributed by atoms with Gasteiger partial charge in [0.1, 0.15) is 0 Å². The Hall–Kier alpha value is -2.89. The van der Waals surface area contributed by atoms with Gasteiger partial charge in [-0.3, -0.25) is 4.79 Å².